The van der Waals surface area contributed by atoms with E-state index in [1.54, 1.807) is 4.90 Å². The molecular formula is C13H17N3O3. The van der Waals surface area contributed by atoms with Crippen molar-refractivity contribution >= 4 is 11.9 Å². The number of amides is 1. The molecule has 0 aromatic carbocycles. The average molecular weight is 263 g/mol. The molecule has 0 radical (unpaired) electrons. The molecule has 1 aromatic heterocycles. The third-order valence-corrected chi connectivity index (χ3v) is 3.28. The van der Waals surface area contributed by atoms with E-state index in [1.165, 1.54) is 6.20 Å². The number of hydrogen-bond acceptors (Lipinski definition) is 4. The van der Waals surface area contributed by atoms with Gasteiger partial charge in [0.15, 0.2) is 5.69 Å². The molecule has 1 aliphatic heterocycles. The van der Waals surface area contributed by atoms with Gasteiger partial charge < -0.3 is 10.0 Å². The fourth-order valence-corrected chi connectivity index (χ4v) is 2.25. The van der Waals surface area contributed by atoms with Crippen LogP contribution in [0.25, 0.3) is 0 Å². The van der Waals surface area contributed by atoms with E-state index < -0.39 is 5.97 Å². The second-order valence-corrected chi connectivity index (χ2v) is 4.94. The van der Waals surface area contributed by atoms with E-state index in [-0.39, 0.29) is 17.3 Å². The minimum atomic E-state index is -1.14. The van der Waals surface area contributed by atoms with Gasteiger partial charge in [-0.3, -0.25) is 4.79 Å². The number of hydrogen-bond donors (Lipinski definition) is 1. The molecule has 1 atom stereocenters. The Balaban J connectivity index is 2.11. The van der Waals surface area contributed by atoms with Crippen LogP contribution in [0.15, 0.2) is 12.4 Å². The van der Waals surface area contributed by atoms with Crippen molar-refractivity contribution in [2.24, 2.45) is 5.92 Å². The third-order valence-electron chi connectivity index (χ3n) is 3.28. The van der Waals surface area contributed by atoms with E-state index in [0.717, 1.165) is 38.5 Å². The summed E-state index contributed by atoms with van der Waals surface area (Å²) in [5.74, 6) is -0.828. The first kappa shape index (κ1) is 13.5. The zero-order valence-corrected chi connectivity index (χ0v) is 10.9. The normalized spacial score (nSPS) is 19.8. The van der Waals surface area contributed by atoms with Crippen LogP contribution < -0.4 is 0 Å². The van der Waals surface area contributed by atoms with Crippen LogP contribution >= 0.6 is 0 Å². The van der Waals surface area contributed by atoms with Crippen molar-refractivity contribution < 1.29 is 14.7 Å². The Morgan fingerprint density at radius 1 is 1.26 bits per heavy atom. The van der Waals surface area contributed by atoms with Crippen molar-refractivity contribution in [1.29, 1.82) is 0 Å². The molecule has 1 saturated heterocycles. The maximum Gasteiger partial charge on any atom is 0.356 e. The van der Waals surface area contributed by atoms with Crippen LogP contribution in [0.3, 0.4) is 0 Å². The van der Waals surface area contributed by atoms with E-state index in [4.69, 9.17) is 5.11 Å². The van der Waals surface area contributed by atoms with E-state index >= 15 is 0 Å². The van der Waals surface area contributed by atoms with Gasteiger partial charge in [0.05, 0.1) is 12.4 Å². The number of carbonyl (C=O) groups excluding carboxylic acids is 1. The second-order valence-electron chi connectivity index (χ2n) is 4.94. The van der Waals surface area contributed by atoms with Crippen molar-refractivity contribution in [3.63, 3.8) is 0 Å². The smallest absolute Gasteiger partial charge is 0.356 e. The van der Waals surface area contributed by atoms with Crippen LogP contribution in [0.5, 0.6) is 0 Å². The molecule has 1 fully saturated rings. The number of likely N-dealkylation sites (tertiary alicyclic amines) is 1. The summed E-state index contributed by atoms with van der Waals surface area (Å²) >= 11 is 0. The third kappa shape index (κ3) is 3.27. The fraction of sp³-hybridized carbons (Fsp3) is 0.538. The molecule has 102 valence electrons. The molecular weight excluding hydrogens is 246 g/mol. The lowest BCUT2D eigenvalue weighted by Crippen LogP contribution is -2.34. The monoisotopic (exact) mass is 263 g/mol. The molecule has 2 heterocycles. The van der Waals surface area contributed by atoms with Gasteiger partial charge in [0.2, 0.25) is 0 Å². The van der Waals surface area contributed by atoms with Gasteiger partial charge in [-0.15, -0.1) is 0 Å². The molecule has 0 aliphatic carbocycles. The van der Waals surface area contributed by atoms with Gasteiger partial charge in [0.1, 0.15) is 5.69 Å². The molecule has 19 heavy (non-hydrogen) atoms. The molecule has 0 bridgehead atoms. The van der Waals surface area contributed by atoms with Crippen molar-refractivity contribution in [2.45, 2.75) is 26.2 Å². The van der Waals surface area contributed by atoms with E-state index in [1.807, 2.05) is 0 Å². The van der Waals surface area contributed by atoms with Gasteiger partial charge in [-0.25, -0.2) is 14.8 Å². The highest BCUT2D eigenvalue weighted by molar-refractivity contribution is 5.92. The number of aromatic nitrogens is 2. The molecule has 1 N–H and O–H groups in total. The summed E-state index contributed by atoms with van der Waals surface area (Å²) < 4.78 is 0. The van der Waals surface area contributed by atoms with Gasteiger partial charge in [0, 0.05) is 13.1 Å². The zero-order chi connectivity index (χ0) is 13.8. The maximum atomic E-state index is 12.3. The van der Waals surface area contributed by atoms with Crippen LogP contribution in [0.4, 0.5) is 0 Å². The van der Waals surface area contributed by atoms with Gasteiger partial charge >= 0.3 is 5.97 Å². The quantitative estimate of drug-likeness (QED) is 0.872. The summed E-state index contributed by atoms with van der Waals surface area (Å²) in [5, 5.41) is 8.74. The maximum absolute atomic E-state index is 12.3. The number of carboxylic acid groups (broad SMARTS) is 1. The molecule has 2 rings (SSSR count). The summed E-state index contributed by atoms with van der Waals surface area (Å²) in [4.78, 5) is 32.3. The molecule has 6 heteroatoms. The van der Waals surface area contributed by atoms with Crippen molar-refractivity contribution in [3.8, 4) is 0 Å². The Morgan fingerprint density at radius 2 is 1.95 bits per heavy atom. The lowest BCUT2D eigenvalue weighted by Gasteiger charge is -2.22. The van der Waals surface area contributed by atoms with E-state index in [9.17, 15) is 9.59 Å². The lowest BCUT2D eigenvalue weighted by atomic mass is 10.1. The molecule has 1 aromatic rings. The SMILES string of the molecule is CC1CCCCN(C(=O)c2cnc(C(=O)O)cn2)C1. The summed E-state index contributed by atoms with van der Waals surface area (Å²) in [6.07, 6.45) is 5.62. The lowest BCUT2D eigenvalue weighted by molar-refractivity contribution is 0.0684. The van der Waals surface area contributed by atoms with Crippen LogP contribution in [0, 0.1) is 5.92 Å². The molecule has 0 saturated carbocycles. The van der Waals surface area contributed by atoms with Crippen molar-refractivity contribution in [3.05, 3.63) is 23.8 Å². The highest BCUT2D eigenvalue weighted by Crippen LogP contribution is 2.17. The van der Waals surface area contributed by atoms with Crippen LogP contribution in [0.1, 0.15) is 47.2 Å². The van der Waals surface area contributed by atoms with Crippen LogP contribution in [-0.4, -0.2) is 44.9 Å². The highest BCUT2D eigenvalue weighted by Gasteiger charge is 2.22. The summed E-state index contributed by atoms with van der Waals surface area (Å²) in [6.45, 7) is 3.58. The first-order valence-corrected chi connectivity index (χ1v) is 6.42. The van der Waals surface area contributed by atoms with Gasteiger partial charge in [-0.2, -0.15) is 0 Å². The summed E-state index contributed by atoms with van der Waals surface area (Å²) in [7, 11) is 0. The fourth-order valence-electron chi connectivity index (χ4n) is 2.25. The first-order valence-electron chi connectivity index (χ1n) is 6.42. The van der Waals surface area contributed by atoms with E-state index in [0.29, 0.717) is 5.92 Å². The van der Waals surface area contributed by atoms with Crippen molar-refractivity contribution in [2.75, 3.05) is 13.1 Å². The first-order chi connectivity index (χ1) is 9.08. The minimum Gasteiger partial charge on any atom is -0.476 e. The largest absolute Gasteiger partial charge is 0.476 e. The topological polar surface area (TPSA) is 83.4 Å². The number of nitrogens with zero attached hydrogens (tertiary/aromatic N) is 3. The number of rotatable bonds is 2. The van der Waals surface area contributed by atoms with Crippen molar-refractivity contribution in [1.82, 2.24) is 14.9 Å². The molecule has 1 amide bonds. The number of carboxylic acids is 1. The summed E-state index contributed by atoms with van der Waals surface area (Å²) in [5.41, 5.74) is 0.0554. The molecule has 1 unspecified atom stereocenters. The molecule has 0 spiro atoms. The Hall–Kier alpha value is -1.98. The van der Waals surface area contributed by atoms with Crippen LogP contribution in [0.2, 0.25) is 0 Å². The Kier molecular flexibility index (Phi) is 4.09. The Labute approximate surface area is 111 Å². The Bertz CT molecular complexity index is 473. The predicted octanol–water partition coefficient (Wildman–Crippen LogP) is 1.44. The van der Waals surface area contributed by atoms with Crippen LogP contribution in [-0.2, 0) is 0 Å². The summed E-state index contributed by atoms with van der Waals surface area (Å²) in [6, 6.07) is 0. The molecule has 6 nitrogen and oxygen atoms in total. The number of aromatic carboxylic acids is 1. The average Bonchev–Trinajstić information content (AvgIpc) is 2.62. The standard InChI is InChI=1S/C13H17N3O3/c1-9-4-2-3-5-16(8-9)12(17)10-6-15-11(7-14-10)13(18)19/h6-7,9H,2-5,8H2,1H3,(H,18,19). The molecule has 1 aliphatic rings. The van der Waals surface area contributed by atoms with E-state index in [2.05, 4.69) is 16.9 Å². The minimum absolute atomic E-state index is 0.152. The van der Waals surface area contributed by atoms with Gasteiger partial charge in [0.25, 0.3) is 5.91 Å². The predicted molar refractivity (Wildman–Crippen MR) is 67.9 cm³/mol. The number of carbonyl (C=O) groups is 2. The van der Waals surface area contributed by atoms with Gasteiger partial charge in [-0.1, -0.05) is 13.3 Å². The highest BCUT2D eigenvalue weighted by atomic mass is 16.4. The second kappa shape index (κ2) is 5.77. The van der Waals surface area contributed by atoms with Gasteiger partial charge in [-0.05, 0) is 18.8 Å². The zero-order valence-electron chi connectivity index (χ0n) is 10.9. The Morgan fingerprint density at radius 3 is 2.58 bits per heavy atom.